The fraction of sp³-hybridized carbons (Fsp3) is 0.333. The van der Waals surface area contributed by atoms with Crippen LogP contribution >= 0.6 is 22.9 Å². The highest BCUT2D eigenvalue weighted by atomic mass is 35.5. The molecule has 1 aliphatic carbocycles. The quantitative estimate of drug-likeness (QED) is 0.529. The lowest BCUT2D eigenvalue weighted by Gasteiger charge is -2.28. The molecule has 2 rings (SSSR count). The minimum Gasteiger partial charge on any atom is -0.438 e. The average Bonchev–Trinajstić information content (AvgIpc) is 2.99. The van der Waals surface area contributed by atoms with Gasteiger partial charge in [-0.2, -0.15) is 0 Å². The summed E-state index contributed by atoms with van der Waals surface area (Å²) in [4.78, 5) is 23.8. The predicted molar refractivity (Wildman–Crippen MR) is 71.4 cm³/mol. The normalized spacial score (nSPS) is 16.1. The highest BCUT2D eigenvalue weighted by Crippen LogP contribution is 2.28. The molecule has 1 aromatic rings. The van der Waals surface area contributed by atoms with E-state index < -0.39 is 11.9 Å². The standard InChI is InChI=1S/C12H12ClNO4S/c1-17-11(16)18-12(6-2-3-7-12)14-10(15)8-4-5-9(13)19-8/h2-5H,6-7H2,1H3,(H,14,15). The Morgan fingerprint density at radius 1 is 1.37 bits per heavy atom. The third kappa shape index (κ3) is 3.27. The summed E-state index contributed by atoms with van der Waals surface area (Å²) in [7, 11) is 1.22. The first-order valence-electron chi connectivity index (χ1n) is 5.54. The molecule has 7 heteroatoms. The largest absolute Gasteiger partial charge is 0.510 e. The average molecular weight is 302 g/mol. The maximum absolute atomic E-state index is 12.1. The van der Waals surface area contributed by atoms with Crippen molar-refractivity contribution in [2.24, 2.45) is 0 Å². The summed E-state index contributed by atoms with van der Waals surface area (Å²) in [6, 6.07) is 3.26. The van der Waals surface area contributed by atoms with Crippen molar-refractivity contribution in [3.8, 4) is 0 Å². The minimum absolute atomic E-state index is 0.329. The van der Waals surface area contributed by atoms with E-state index >= 15 is 0 Å². The number of nitrogens with one attached hydrogen (secondary N) is 1. The van der Waals surface area contributed by atoms with E-state index in [-0.39, 0.29) is 5.91 Å². The van der Waals surface area contributed by atoms with Crippen molar-refractivity contribution >= 4 is 35.0 Å². The number of carbonyl (C=O) groups is 2. The van der Waals surface area contributed by atoms with Gasteiger partial charge in [0.15, 0.2) is 5.72 Å². The van der Waals surface area contributed by atoms with Crippen LogP contribution in [0.15, 0.2) is 24.3 Å². The number of methoxy groups -OCH3 is 1. The van der Waals surface area contributed by atoms with Crippen molar-refractivity contribution in [1.82, 2.24) is 5.32 Å². The van der Waals surface area contributed by atoms with E-state index in [1.165, 1.54) is 7.11 Å². The summed E-state index contributed by atoms with van der Waals surface area (Å²) < 4.78 is 10.2. The maximum Gasteiger partial charge on any atom is 0.510 e. The molecule has 0 saturated carbocycles. The number of thiophene rings is 1. The zero-order valence-corrected chi connectivity index (χ0v) is 11.7. The van der Waals surface area contributed by atoms with Gasteiger partial charge in [-0.25, -0.2) is 4.79 Å². The molecule has 0 aromatic carbocycles. The van der Waals surface area contributed by atoms with Crippen LogP contribution < -0.4 is 5.32 Å². The van der Waals surface area contributed by atoms with Gasteiger partial charge in [0.25, 0.3) is 5.91 Å². The molecule has 0 unspecified atom stereocenters. The molecule has 0 spiro atoms. The Balaban J connectivity index is 2.08. The summed E-state index contributed by atoms with van der Waals surface area (Å²) in [6.07, 6.45) is 3.67. The number of hydrogen-bond acceptors (Lipinski definition) is 5. The maximum atomic E-state index is 12.1. The highest BCUT2D eigenvalue weighted by Gasteiger charge is 2.37. The number of hydrogen-bond donors (Lipinski definition) is 1. The smallest absolute Gasteiger partial charge is 0.438 e. The Morgan fingerprint density at radius 2 is 2.05 bits per heavy atom. The lowest BCUT2D eigenvalue weighted by atomic mass is 10.1. The Labute approximate surface area is 119 Å². The third-order valence-corrected chi connectivity index (χ3v) is 3.88. The third-order valence-electron chi connectivity index (χ3n) is 2.65. The van der Waals surface area contributed by atoms with Crippen LogP contribution in [0.3, 0.4) is 0 Å². The van der Waals surface area contributed by atoms with Crippen molar-refractivity contribution in [1.29, 1.82) is 0 Å². The van der Waals surface area contributed by atoms with E-state index in [0.29, 0.717) is 22.1 Å². The molecule has 0 radical (unpaired) electrons. The molecular formula is C12H12ClNO4S. The molecule has 1 N–H and O–H groups in total. The highest BCUT2D eigenvalue weighted by molar-refractivity contribution is 7.18. The molecular weight excluding hydrogens is 290 g/mol. The van der Waals surface area contributed by atoms with Gasteiger partial charge in [-0.15, -0.1) is 11.3 Å². The first-order valence-corrected chi connectivity index (χ1v) is 6.74. The van der Waals surface area contributed by atoms with Gasteiger partial charge >= 0.3 is 6.16 Å². The van der Waals surface area contributed by atoms with E-state index in [1.54, 1.807) is 12.1 Å². The number of rotatable bonds is 3. The second-order valence-electron chi connectivity index (χ2n) is 3.99. The van der Waals surface area contributed by atoms with Crippen LogP contribution in [0.2, 0.25) is 4.34 Å². The Kier molecular flexibility index (Phi) is 4.11. The van der Waals surface area contributed by atoms with Gasteiger partial charge in [-0.3, -0.25) is 4.79 Å². The van der Waals surface area contributed by atoms with Crippen LogP contribution in [0.1, 0.15) is 22.5 Å². The van der Waals surface area contributed by atoms with Crippen molar-refractivity contribution in [3.63, 3.8) is 0 Å². The Bertz CT molecular complexity index is 518. The molecule has 1 aromatic heterocycles. The van der Waals surface area contributed by atoms with E-state index in [0.717, 1.165) is 11.3 Å². The van der Waals surface area contributed by atoms with Crippen LogP contribution in [0.25, 0.3) is 0 Å². The second-order valence-corrected chi connectivity index (χ2v) is 5.70. The Hall–Kier alpha value is -1.53. The van der Waals surface area contributed by atoms with Crippen LogP contribution in [-0.2, 0) is 9.47 Å². The van der Waals surface area contributed by atoms with Crippen LogP contribution in [0.4, 0.5) is 4.79 Å². The topological polar surface area (TPSA) is 64.6 Å². The van der Waals surface area contributed by atoms with E-state index in [2.05, 4.69) is 10.1 Å². The first-order chi connectivity index (χ1) is 9.04. The molecule has 19 heavy (non-hydrogen) atoms. The van der Waals surface area contributed by atoms with E-state index in [9.17, 15) is 9.59 Å². The minimum atomic E-state index is -1.07. The van der Waals surface area contributed by atoms with Gasteiger partial charge in [-0.05, 0) is 12.1 Å². The molecule has 0 saturated heterocycles. The number of halogens is 1. The van der Waals surface area contributed by atoms with Crippen molar-refractivity contribution < 1.29 is 19.1 Å². The Morgan fingerprint density at radius 3 is 2.58 bits per heavy atom. The molecule has 1 heterocycles. The van der Waals surface area contributed by atoms with Gasteiger partial charge in [-0.1, -0.05) is 23.8 Å². The molecule has 5 nitrogen and oxygen atoms in total. The van der Waals surface area contributed by atoms with Gasteiger partial charge in [0.05, 0.1) is 16.3 Å². The summed E-state index contributed by atoms with van der Waals surface area (Å²) in [5.74, 6) is -0.329. The van der Waals surface area contributed by atoms with Gasteiger partial charge in [0.2, 0.25) is 0 Å². The van der Waals surface area contributed by atoms with Crippen molar-refractivity contribution in [2.45, 2.75) is 18.6 Å². The van der Waals surface area contributed by atoms with Crippen LogP contribution in [0, 0.1) is 0 Å². The fourth-order valence-corrected chi connectivity index (χ4v) is 2.69. The monoisotopic (exact) mass is 301 g/mol. The molecule has 1 aliphatic rings. The number of amides is 1. The van der Waals surface area contributed by atoms with Crippen molar-refractivity contribution in [3.05, 3.63) is 33.5 Å². The molecule has 0 atom stereocenters. The summed E-state index contributed by atoms with van der Waals surface area (Å²) in [5.41, 5.74) is -1.07. The lowest BCUT2D eigenvalue weighted by molar-refractivity contribution is -0.0361. The van der Waals surface area contributed by atoms with Gasteiger partial charge in [0.1, 0.15) is 0 Å². The van der Waals surface area contributed by atoms with E-state index in [4.69, 9.17) is 16.3 Å². The van der Waals surface area contributed by atoms with E-state index in [1.807, 2.05) is 12.2 Å². The van der Waals surface area contributed by atoms with Gasteiger partial charge < -0.3 is 14.8 Å². The van der Waals surface area contributed by atoms with Crippen molar-refractivity contribution in [2.75, 3.05) is 7.11 Å². The summed E-state index contributed by atoms with van der Waals surface area (Å²) in [5, 5.41) is 2.71. The second kappa shape index (κ2) is 5.63. The SMILES string of the molecule is COC(=O)OC1(NC(=O)c2ccc(Cl)s2)CC=CC1. The van der Waals surface area contributed by atoms with Gasteiger partial charge in [0, 0.05) is 12.8 Å². The predicted octanol–water partition coefficient (Wildman–Crippen LogP) is 2.96. The first kappa shape index (κ1) is 13.9. The van der Waals surface area contributed by atoms with Crippen LogP contribution in [0.5, 0.6) is 0 Å². The molecule has 0 bridgehead atoms. The number of ether oxygens (including phenoxy) is 2. The molecule has 102 valence electrons. The molecule has 0 fully saturated rings. The fourth-order valence-electron chi connectivity index (χ4n) is 1.75. The summed E-state index contributed by atoms with van der Waals surface area (Å²) >= 11 is 6.95. The zero-order chi connectivity index (χ0) is 13.9. The molecule has 0 aliphatic heterocycles. The summed E-state index contributed by atoms with van der Waals surface area (Å²) in [6.45, 7) is 0. The molecule has 1 amide bonds. The lowest BCUT2D eigenvalue weighted by Crippen LogP contribution is -2.49. The number of carbonyl (C=O) groups excluding carboxylic acids is 2. The van der Waals surface area contributed by atoms with Crippen LogP contribution in [-0.4, -0.2) is 24.9 Å². The zero-order valence-electron chi connectivity index (χ0n) is 10.1.